The lowest BCUT2D eigenvalue weighted by Gasteiger charge is -2.46. The number of aromatic nitrogens is 2. The fourth-order valence-corrected chi connectivity index (χ4v) is 4.68. The zero-order chi connectivity index (χ0) is 20.9. The zero-order valence-corrected chi connectivity index (χ0v) is 18.6. The van der Waals surface area contributed by atoms with E-state index in [2.05, 4.69) is 36.1 Å². The summed E-state index contributed by atoms with van der Waals surface area (Å²) < 4.78 is 22.9. The Morgan fingerprint density at radius 2 is 1.64 bits per heavy atom. The van der Waals surface area contributed by atoms with Crippen molar-refractivity contribution in [3.8, 4) is 0 Å². The Hall–Kier alpha value is -1.67. The summed E-state index contributed by atoms with van der Waals surface area (Å²) in [6.45, 7) is 9.92. The van der Waals surface area contributed by atoms with Gasteiger partial charge < -0.3 is 0 Å². The molecule has 0 saturated carbocycles. The molecule has 1 aromatic heterocycles. The van der Waals surface area contributed by atoms with Crippen LogP contribution < -0.4 is 0 Å². The molecule has 3 rings (SSSR count). The molecule has 1 aromatic carbocycles. The molecule has 1 aliphatic rings. The fourth-order valence-electron chi connectivity index (χ4n) is 3.01. The third-order valence-electron chi connectivity index (χ3n) is 5.12. The Morgan fingerprint density at radius 3 is 2.18 bits per heavy atom. The second kappa shape index (κ2) is 6.99. The Labute approximate surface area is 172 Å². The SMILES string of the molecule is Cn1nc(C(C)(C)C)cc1C1=NN=C(C(C)(C)S(O)(O)c2ccc(Cl)cc2)C1. The van der Waals surface area contributed by atoms with Crippen molar-refractivity contribution in [2.45, 2.75) is 56.1 Å². The number of hydrogen-bond donors (Lipinski definition) is 2. The van der Waals surface area contributed by atoms with E-state index >= 15 is 0 Å². The highest BCUT2D eigenvalue weighted by atomic mass is 35.5. The molecular weight excluding hydrogens is 396 g/mol. The van der Waals surface area contributed by atoms with Gasteiger partial charge in [0.1, 0.15) is 0 Å². The topological polar surface area (TPSA) is 83.0 Å². The van der Waals surface area contributed by atoms with Crippen LogP contribution in [0, 0.1) is 0 Å². The smallest absolute Gasteiger partial charge is 0.0989 e. The molecule has 0 amide bonds. The van der Waals surface area contributed by atoms with Crippen molar-refractivity contribution in [3.63, 3.8) is 0 Å². The molecule has 6 nitrogen and oxygen atoms in total. The maximum atomic E-state index is 11.0. The van der Waals surface area contributed by atoms with Crippen LogP contribution in [0.4, 0.5) is 0 Å². The molecule has 0 fully saturated rings. The predicted octanol–water partition coefficient (Wildman–Crippen LogP) is 5.51. The molecule has 0 spiro atoms. The van der Waals surface area contributed by atoms with E-state index in [0.29, 0.717) is 22.1 Å². The van der Waals surface area contributed by atoms with E-state index in [1.54, 1.807) is 38.1 Å². The van der Waals surface area contributed by atoms with Crippen molar-refractivity contribution in [3.05, 3.63) is 46.7 Å². The van der Waals surface area contributed by atoms with Gasteiger partial charge in [0.05, 0.1) is 32.5 Å². The van der Waals surface area contributed by atoms with Crippen molar-refractivity contribution in [1.29, 1.82) is 0 Å². The average molecular weight is 423 g/mol. The quantitative estimate of drug-likeness (QED) is 0.681. The maximum Gasteiger partial charge on any atom is 0.0989 e. The van der Waals surface area contributed by atoms with Gasteiger partial charge in [-0.15, -0.1) is 0 Å². The molecule has 0 aliphatic carbocycles. The van der Waals surface area contributed by atoms with Crippen LogP contribution >= 0.6 is 22.2 Å². The van der Waals surface area contributed by atoms with Gasteiger partial charge in [-0.05, 0) is 44.2 Å². The third-order valence-corrected chi connectivity index (χ3v) is 7.96. The molecule has 0 bridgehead atoms. The number of rotatable bonds is 4. The molecular formula is C20H27ClN4O2S. The van der Waals surface area contributed by atoms with E-state index < -0.39 is 15.3 Å². The Balaban J connectivity index is 1.85. The Kier molecular flexibility index (Phi) is 5.25. The van der Waals surface area contributed by atoms with Crippen LogP contribution in [-0.4, -0.2) is 35.1 Å². The molecule has 0 saturated heterocycles. The van der Waals surface area contributed by atoms with Gasteiger partial charge in [-0.1, -0.05) is 32.4 Å². The van der Waals surface area contributed by atoms with Crippen molar-refractivity contribution in [2.24, 2.45) is 17.3 Å². The van der Waals surface area contributed by atoms with Crippen molar-refractivity contribution in [1.82, 2.24) is 9.78 Å². The van der Waals surface area contributed by atoms with Crippen LogP contribution in [0.3, 0.4) is 0 Å². The minimum atomic E-state index is -3.16. The summed E-state index contributed by atoms with van der Waals surface area (Å²) in [7, 11) is -1.27. The lowest BCUT2D eigenvalue weighted by molar-refractivity contribution is 0.465. The monoisotopic (exact) mass is 422 g/mol. The number of nitrogens with zero attached hydrogens (tertiary/aromatic N) is 4. The van der Waals surface area contributed by atoms with Gasteiger partial charge in [0, 0.05) is 23.9 Å². The number of halogens is 1. The van der Waals surface area contributed by atoms with Crippen LogP contribution in [0.15, 0.2) is 45.4 Å². The first-order chi connectivity index (χ1) is 12.8. The summed E-state index contributed by atoms with van der Waals surface area (Å²) in [4.78, 5) is 0.439. The predicted molar refractivity (Wildman–Crippen MR) is 117 cm³/mol. The molecule has 152 valence electrons. The summed E-state index contributed by atoms with van der Waals surface area (Å²) in [5.74, 6) is 0. The van der Waals surface area contributed by atoms with Gasteiger partial charge in [0.2, 0.25) is 0 Å². The first-order valence-corrected chi connectivity index (χ1v) is 11.0. The van der Waals surface area contributed by atoms with Gasteiger partial charge >= 0.3 is 0 Å². The van der Waals surface area contributed by atoms with Gasteiger partial charge in [-0.3, -0.25) is 13.8 Å². The van der Waals surface area contributed by atoms with E-state index in [1.807, 2.05) is 17.8 Å². The van der Waals surface area contributed by atoms with Gasteiger partial charge in [0.25, 0.3) is 0 Å². The summed E-state index contributed by atoms with van der Waals surface area (Å²) in [5, 5.41) is 13.8. The average Bonchev–Trinajstić information content (AvgIpc) is 3.21. The van der Waals surface area contributed by atoms with Gasteiger partial charge in [-0.2, -0.15) is 25.9 Å². The first-order valence-electron chi connectivity index (χ1n) is 9.06. The van der Waals surface area contributed by atoms with E-state index in [1.165, 1.54) is 0 Å². The Bertz CT molecular complexity index is 954. The van der Waals surface area contributed by atoms with Crippen LogP contribution in [-0.2, 0) is 12.5 Å². The molecule has 8 heteroatoms. The fraction of sp³-hybridized carbons (Fsp3) is 0.450. The molecule has 0 radical (unpaired) electrons. The highest BCUT2D eigenvalue weighted by Crippen LogP contribution is 2.60. The van der Waals surface area contributed by atoms with E-state index in [9.17, 15) is 9.11 Å². The normalized spacial score (nSPS) is 16.2. The van der Waals surface area contributed by atoms with E-state index in [0.717, 1.165) is 17.1 Å². The van der Waals surface area contributed by atoms with E-state index in [-0.39, 0.29) is 5.41 Å². The van der Waals surface area contributed by atoms with Crippen LogP contribution in [0.2, 0.25) is 5.02 Å². The highest BCUT2D eigenvalue weighted by molar-refractivity contribution is 8.26. The summed E-state index contributed by atoms with van der Waals surface area (Å²) >= 11 is 5.93. The number of benzene rings is 1. The molecule has 2 aromatic rings. The minimum absolute atomic E-state index is 0.0672. The van der Waals surface area contributed by atoms with Crippen LogP contribution in [0.5, 0.6) is 0 Å². The van der Waals surface area contributed by atoms with Crippen LogP contribution in [0.1, 0.15) is 52.4 Å². The second-order valence-corrected chi connectivity index (χ2v) is 11.6. The summed E-state index contributed by atoms with van der Waals surface area (Å²) in [6, 6.07) is 8.63. The van der Waals surface area contributed by atoms with Gasteiger partial charge in [-0.25, -0.2) is 0 Å². The van der Waals surface area contributed by atoms with Gasteiger partial charge in [0.15, 0.2) is 0 Å². The third kappa shape index (κ3) is 3.64. The standard InChI is InChI=1S/C20H27ClN4O2S/c1-19(2,3)17-12-16(25(6)24-17)15-11-18(23-22-15)20(4,5)28(26,27)14-9-7-13(21)8-10-14/h7-10,12,26-27H,11H2,1-6H3. The zero-order valence-electron chi connectivity index (χ0n) is 17.1. The molecule has 2 heterocycles. The second-order valence-electron chi connectivity index (χ2n) is 8.57. The molecule has 28 heavy (non-hydrogen) atoms. The Morgan fingerprint density at radius 1 is 1.04 bits per heavy atom. The summed E-state index contributed by atoms with van der Waals surface area (Å²) in [6.07, 6.45) is 0.444. The molecule has 2 N–H and O–H groups in total. The largest absolute Gasteiger partial charge is 0.294 e. The van der Waals surface area contributed by atoms with Crippen LogP contribution in [0.25, 0.3) is 0 Å². The lowest BCUT2D eigenvalue weighted by Crippen LogP contribution is -2.37. The lowest BCUT2D eigenvalue weighted by atomic mass is 9.92. The van der Waals surface area contributed by atoms with E-state index in [4.69, 9.17) is 11.6 Å². The highest BCUT2D eigenvalue weighted by Gasteiger charge is 2.42. The summed E-state index contributed by atoms with van der Waals surface area (Å²) in [5.41, 5.74) is 3.21. The minimum Gasteiger partial charge on any atom is -0.294 e. The first kappa shape index (κ1) is 21.0. The molecule has 0 atom stereocenters. The van der Waals surface area contributed by atoms with Crippen molar-refractivity contribution < 1.29 is 9.11 Å². The van der Waals surface area contributed by atoms with Crippen molar-refractivity contribution in [2.75, 3.05) is 0 Å². The molecule has 1 aliphatic heterocycles. The van der Waals surface area contributed by atoms with Crippen molar-refractivity contribution >= 4 is 33.6 Å². The number of aryl methyl sites for hydroxylation is 1. The number of hydrogen-bond acceptors (Lipinski definition) is 5. The maximum absolute atomic E-state index is 11.0. The molecule has 0 unspecified atom stereocenters.